The molecule has 1 aliphatic carbocycles. The van der Waals surface area contributed by atoms with Crippen LogP contribution in [0.3, 0.4) is 0 Å². The molecule has 0 unspecified atom stereocenters. The third-order valence-electron chi connectivity index (χ3n) is 7.03. The Morgan fingerprint density at radius 2 is 1.78 bits per heavy atom. The van der Waals surface area contributed by atoms with Gasteiger partial charge in [0, 0.05) is 25.2 Å². The number of benzene rings is 2. The molecule has 0 saturated carbocycles. The molecule has 0 spiro atoms. The summed E-state index contributed by atoms with van der Waals surface area (Å²) < 4.78 is 0. The smallest absolute Gasteiger partial charge is 0.221 e. The van der Waals surface area contributed by atoms with Gasteiger partial charge in [0.1, 0.15) is 11.5 Å². The number of aromatic hydroxyl groups is 2. The molecule has 1 heterocycles. The Bertz CT molecular complexity index is 979. The number of carbonyl (C=O) groups is 1. The molecular formula is C27H36N2O3. The van der Waals surface area contributed by atoms with Crippen LogP contribution in [0.15, 0.2) is 54.1 Å². The topological polar surface area (TPSA) is 72.8 Å². The standard InChI is InChI=1S/C19H27NO.C8H9NO2/c1-13(2)7-9-20-10-8-19(4)14(3)18(20)11-15-5-6-16(21)12-17(15)19;1-6(10)9-7-2-4-8(11)5-3-7/h5-7,12,14,18,21H,8-11H2,1-4H3;2-5,11H,1H3,(H,9,10)/t14-,18+,19+;/m0./s1. The third kappa shape index (κ3) is 5.33. The fourth-order valence-electron chi connectivity index (χ4n) is 4.97. The van der Waals surface area contributed by atoms with E-state index < -0.39 is 0 Å². The van der Waals surface area contributed by atoms with Gasteiger partial charge in [0.05, 0.1) is 0 Å². The van der Waals surface area contributed by atoms with Crippen molar-refractivity contribution in [2.45, 2.75) is 58.9 Å². The molecule has 0 aromatic heterocycles. The van der Waals surface area contributed by atoms with Crippen molar-refractivity contribution >= 4 is 11.6 Å². The highest BCUT2D eigenvalue weighted by atomic mass is 16.3. The normalized spacial score (nSPS) is 23.9. The Morgan fingerprint density at radius 3 is 2.41 bits per heavy atom. The predicted octanol–water partition coefficient (Wildman–Crippen LogP) is 5.23. The fraction of sp³-hybridized carbons (Fsp3) is 0.444. The molecule has 3 N–H and O–H groups in total. The van der Waals surface area contributed by atoms with E-state index in [9.17, 15) is 9.90 Å². The summed E-state index contributed by atoms with van der Waals surface area (Å²) in [6.07, 6.45) is 4.64. The molecule has 1 aliphatic heterocycles. The summed E-state index contributed by atoms with van der Waals surface area (Å²) in [6.45, 7) is 12.8. The Hall–Kier alpha value is -2.79. The zero-order valence-corrected chi connectivity index (χ0v) is 19.9. The maximum Gasteiger partial charge on any atom is 0.221 e. The summed E-state index contributed by atoms with van der Waals surface area (Å²) in [7, 11) is 0. The Balaban J connectivity index is 0.000000222. The van der Waals surface area contributed by atoms with Crippen LogP contribution < -0.4 is 5.32 Å². The van der Waals surface area contributed by atoms with Crippen LogP contribution in [0.25, 0.3) is 0 Å². The van der Waals surface area contributed by atoms with Crippen molar-refractivity contribution < 1.29 is 15.0 Å². The molecule has 1 saturated heterocycles. The van der Waals surface area contributed by atoms with Gasteiger partial charge < -0.3 is 15.5 Å². The van der Waals surface area contributed by atoms with E-state index in [-0.39, 0.29) is 17.1 Å². The van der Waals surface area contributed by atoms with Gasteiger partial charge >= 0.3 is 0 Å². The summed E-state index contributed by atoms with van der Waals surface area (Å²) in [5, 5.41) is 21.3. The van der Waals surface area contributed by atoms with Crippen LogP contribution in [-0.4, -0.2) is 40.2 Å². The molecule has 5 nitrogen and oxygen atoms in total. The Morgan fingerprint density at radius 1 is 1.12 bits per heavy atom. The lowest BCUT2D eigenvalue weighted by Gasteiger charge is -2.54. The number of phenols is 2. The van der Waals surface area contributed by atoms with E-state index in [4.69, 9.17) is 5.11 Å². The van der Waals surface area contributed by atoms with Gasteiger partial charge in [-0.2, -0.15) is 0 Å². The molecule has 2 aliphatic rings. The quantitative estimate of drug-likeness (QED) is 0.455. The van der Waals surface area contributed by atoms with Crippen LogP contribution in [0.5, 0.6) is 11.5 Å². The Kier molecular flexibility index (Phi) is 7.29. The summed E-state index contributed by atoms with van der Waals surface area (Å²) in [4.78, 5) is 13.2. The number of hydrogen-bond donors (Lipinski definition) is 3. The first-order valence-electron chi connectivity index (χ1n) is 11.4. The van der Waals surface area contributed by atoms with E-state index in [1.807, 2.05) is 12.1 Å². The number of hydrogen-bond acceptors (Lipinski definition) is 4. The highest BCUT2D eigenvalue weighted by Gasteiger charge is 2.48. The molecule has 2 aromatic rings. The van der Waals surface area contributed by atoms with Crippen LogP contribution in [0.1, 0.15) is 52.2 Å². The van der Waals surface area contributed by atoms with E-state index in [0.717, 1.165) is 19.5 Å². The van der Waals surface area contributed by atoms with Crippen molar-refractivity contribution in [1.82, 2.24) is 4.90 Å². The van der Waals surface area contributed by atoms with Gasteiger partial charge in [0.2, 0.25) is 5.91 Å². The third-order valence-corrected chi connectivity index (χ3v) is 7.03. The van der Waals surface area contributed by atoms with E-state index >= 15 is 0 Å². The van der Waals surface area contributed by atoms with Crippen LogP contribution in [-0.2, 0) is 16.6 Å². The van der Waals surface area contributed by atoms with Gasteiger partial charge in [-0.05, 0) is 92.1 Å². The highest BCUT2D eigenvalue weighted by molar-refractivity contribution is 5.88. The van der Waals surface area contributed by atoms with Crippen molar-refractivity contribution in [3.63, 3.8) is 0 Å². The molecule has 2 aromatic carbocycles. The first kappa shape index (κ1) is 23.9. The molecule has 0 radical (unpaired) electrons. The SMILES string of the molecule is CC(=O)Nc1ccc(O)cc1.CC(C)=CCN1CC[C@@]2(C)c3cc(O)ccc3C[C@@H]1[C@@H]2C. The van der Waals surface area contributed by atoms with Crippen LogP contribution in [0.4, 0.5) is 5.69 Å². The second-order valence-electron chi connectivity index (χ2n) is 9.57. The minimum absolute atomic E-state index is 0.115. The molecule has 1 amide bonds. The molecule has 4 rings (SSSR count). The molecule has 172 valence electrons. The number of rotatable bonds is 3. The maximum absolute atomic E-state index is 10.5. The molecule has 5 heteroatoms. The number of phenolic OH excluding ortho intramolecular Hbond substituents is 2. The lowest BCUT2D eigenvalue weighted by atomic mass is 9.59. The first-order chi connectivity index (χ1) is 15.1. The zero-order chi connectivity index (χ0) is 23.5. The summed E-state index contributed by atoms with van der Waals surface area (Å²) >= 11 is 0. The van der Waals surface area contributed by atoms with E-state index in [1.54, 1.807) is 12.1 Å². The lowest BCUT2D eigenvalue weighted by Crippen LogP contribution is -2.57. The molecule has 32 heavy (non-hydrogen) atoms. The van der Waals surface area contributed by atoms with E-state index in [2.05, 4.69) is 50.1 Å². The Labute approximate surface area is 191 Å². The van der Waals surface area contributed by atoms with Crippen molar-refractivity contribution in [3.05, 3.63) is 65.2 Å². The summed E-state index contributed by atoms with van der Waals surface area (Å²) in [6, 6.07) is 12.9. The minimum Gasteiger partial charge on any atom is -0.508 e. The second-order valence-corrected chi connectivity index (χ2v) is 9.57. The zero-order valence-electron chi connectivity index (χ0n) is 19.9. The van der Waals surface area contributed by atoms with Gasteiger partial charge in [0.25, 0.3) is 0 Å². The van der Waals surface area contributed by atoms with E-state index in [0.29, 0.717) is 23.4 Å². The number of fused-ring (bicyclic) bond motifs is 4. The number of piperidine rings is 1. The summed E-state index contributed by atoms with van der Waals surface area (Å²) in [5.41, 5.74) is 5.11. The molecular weight excluding hydrogens is 400 g/mol. The van der Waals surface area contributed by atoms with E-state index in [1.165, 1.54) is 42.2 Å². The number of amides is 1. The average Bonchev–Trinajstić information content (AvgIpc) is 2.72. The highest BCUT2D eigenvalue weighted by Crippen LogP contribution is 2.49. The average molecular weight is 437 g/mol. The molecule has 3 atom stereocenters. The van der Waals surface area contributed by atoms with Gasteiger partial charge in [-0.25, -0.2) is 0 Å². The lowest BCUT2D eigenvalue weighted by molar-refractivity contribution is -0.114. The first-order valence-corrected chi connectivity index (χ1v) is 11.4. The molecule has 2 bridgehead atoms. The molecule has 1 fully saturated rings. The maximum atomic E-state index is 10.5. The number of likely N-dealkylation sites (tertiary alicyclic amines) is 1. The minimum atomic E-state index is -0.115. The largest absolute Gasteiger partial charge is 0.508 e. The number of carbonyl (C=O) groups excluding carboxylic acids is 1. The van der Waals surface area contributed by atoms with Gasteiger partial charge in [-0.3, -0.25) is 9.69 Å². The number of allylic oxidation sites excluding steroid dienone is 1. The van der Waals surface area contributed by atoms with Crippen LogP contribution >= 0.6 is 0 Å². The van der Waals surface area contributed by atoms with Crippen LogP contribution in [0.2, 0.25) is 0 Å². The van der Waals surface area contributed by atoms with Crippen LogP contribution in [0, 0.1) is 5.92 Å². The summed E-state index contributed by atoms with van der Waals surface area (Å²) in [5.74, 6) is 1.12. The van der Waals surface area contributed by atoms with Crippen molar-refractivity contribution in [2.75, 3.05) is 18.4 Å². The van der Waals surface area contributed by atoms with Crippen molar-refractivity contribution in [2.24, 2.45) is 5.92 Å². The van der Waals surface area contributed by atoms with Crippen molar-refractivity contribution in [3.8, 4) is 11.5 Å². The second kappa shape index (κ2) is 9.78. The van der Waals surface area contributed by atoms with Gasteiger partial charge in [-0.15, -0.1) is 0 Å². The number of nitrogens with zero attached hydrogens (tertiary/aromatic N) is 1. The predicted molar refractivity (Wildman–Crippen MR) is 130 cm³/mol. The van der Waals surface area contributed by atoms with Gasteiger partial charge in [-0.1, -0.05) is 31.6 Å². The number of nitrogens with one attached hydrogen (secondary N) is 1. The number of anilines is 1. The monoisotopic (exact) mass is 436 g/mol. The fourth-order valence-corrected chi connectivity index (χ4v) is 4.97. The van der Waals surface area contributed by atoms with Crippen molar-refractivity contribution in [1.29, 1.82) is 0 Å². The van der Waals surface area contributed by atoms with Gasteiger partial charge in [0.15, 0.2) is 0 Å².